The molecule has 0 saturated heterocycles. The quantitative estimate of drug-likeness (QED) is 0.869. The number of hydrogen-bond donors (Lipinski definition) is 1. The van der Waals surface area contributed by atoms with Gasteiger partial charge in [0.05, 0.1) is 10.9 Å². The maximum Gasteiger partial charge on any atom is 0.254 e. The number of hydrogen-bond acceptors (Lipinski definition) is 3. The van der Waals surface area contributed by atoms with Gasteiger partial charge in [0.15, 0.2) is 0 Å². The Morgan fingerprint density at radius 3 is 2.65 bits per heavy atom. The number of nitrogens with zero attached hydrogens (tertiary/aromatic N) is 1. The molecule has 0 bridgehead atoms. The van der Waals surface area contributed by atoms with E-state index in [-0.39, 0.29) is 5.91 Å². The summed E-state index contributed by atoms with van der Waals surface area (Å²) in [7, 11) is 0. The second-order valence-electron chi connectivity index (χ2n) is 4.60. The van der Waals surface area contributed by atoms with Crippen molar-refractivity contribution in [2.75, 3.05) is 12.3 Å². The lowest BCUT2D eigenvalue weighted by atomic mass is 10.1. The van der Waals surface area contributed by atoms with E-state index >= 15 is 0 Å². The molecule has 1 aromatic carbocycles. The Bertz CT molecular complexity index is 624. The van der Waals surface area contributed by atoms with E-state index in [0.717, 1.165) is 14.8 Å². The van der Waals surface area contributed by atoms with E-state index in [0.29, 0.717) is 24.3 Å². The van der Waals surface area contributed by atoms with Crippen LogP contribution in [0.5, 0.6) is 0 Å². The number of thiophene rings is 1. The summed E-state index contributed by atoms with van der Waals surface area (Å²) in [6, 6.07) is 9.23. The van der Waals surface area contributed by atoms with Gasteiger partial charge in [0.2, 0.25) is 0 Å². The molecule has 0 atom stereocenters. The molecule has 0 fully saturated rings. The van der Waals surface area contributed by atoms with Crippen LogP contribution in [0.2, 0.25) is 4.34 Å². The summed E-state index contributed by atoms with van der Waals surface area (Å²) in [4.78, 5) is 15.4. The fraction of sp³-hybridized carbons (Fsp3) is 0.267. The Labute approximate surface area is 128 Å². The highest BCUT2D eigenvalue weighted by atomic mass is 35.5. The first-order valence-corrected chi connectivity index (χ1v) is 7.60. The van der Waals surface area contributed by atoms with Crippen molar-refractivity contribution in [3.05, 3.63) is 50.7 Å². The molecule has 1 amide bonds. The minimum atomic E-state index is -0.0104. The van der Waals surface area contributed by atoms with Crippen molar-refractivity contribution in [1.82, 2.24) is 4.90 Å². The number of halogens is 1. The van der Waals surface area contributed by atoms with Crippen LogP contribution in [-0.2, 0) is 6.54 Å². The van der Waals surface area contributed by atoms with E-state index in [1.165, 1.54) is 11.3 Å². The Morgan fingerprint density at radius 2 is 2.10 bits per heavy atom. The average molecular weight is 309 g/mol. The molecule has 0 saturated carbocycles. The van der Waals surface area contributed by atoms with E-state index in [9.17, 15) is 4.79 Å². The van der Waals surface area contributed by atoms with Crippen LogP contribution >= 0.6 is 22.9 Å². The van der Waals surface area contributed by atoms with Gasteiger partial charge >= 0.3 is 0 Å². The molecule has 0 spiro atoms. The third kappa shape index (κ3) is 3.32. The Morgan fingerprint density at radius 1 is 1.35 bits per heavy atom. The minimum absolute atomic E-state index is 0.0104. The number of amides is 1. The van der Waals surface area contributed by atoms with Crippen LogP contribution in [0.4, 0.5) is 5.69 Å². The summed E-state index contributed by atoms with van der Waals surface area (Å²) in [6.07, 6.45) is 0. The monoisotopic (exact) mass is 308 g/mol. The topological polar surface area (TPSA) is 46.3 Å². The van der Waals surface area contributed by atoms with Gasteiger partial charge in [-0.25, -0.2) is 0 Å². The van der Waals surface area contributed by atoms with Crippen LogP contribution in [0.3, 0.4) is 0 Å². The van der Waals surface area contributed by atoms with Crippen molar-refractivity contribution in [2.45, 2.75) is 20.4 Å². The predicted octanol–water partition coefficient (Wildman–Crippen LogP) is 3.95. The van der Waals surface area contributed by atoms with Crippen molar-refractivity contribution in [3.63, 3.8) is 0 Å². The zero-order chi connectivity index (χ0) is 14.7. The van der Waals surface area contributed by atoms with Gasteiger partial charge in [-0.2, -0.15) is 0 Å². The largest absolute Gasteiger partial charge is 0.398 e. The highest BCUT2D eigenvalue weighted by Crippen LogP contribution is 2.23. The molecule has 3 nitrogen and oxygen atoms in total. The number of nitrogen functional groups attached to an aromatic ring is 1. The Hall–Kier alpha value is -1.52. The fourth-order valence-electron chi connectivity index (χ4n) is 1.91. The number of nitrogens with two attached hydrogens (primary N) is 1. The van der Waals surface area contributed by atoms with Crippen molar-refractivity contribution in [1.29, 1.82) is 0 Å². The van der Waals surface area contributed by atoms with Gasteiger partial charge in [-0.1, -0.05) is 17.7 Å². The minimum Gasteiger partial charge on any atom is -0.398 e. The van der Waals surface area contributed by atoms with Crippen LogP contribution < -0.4 is 5.73 Å². The first-order valence-electron chi connectivity index (χ1n) is 6.41. The fourth-order valence-corrected chi connectivity index (χ4v) is 3.01. The number of carbonyl (C=O) groups excluding carboxylic acids is 1. The summed E-state index contributed by atoms with van der Waals surface area (Å²) in [6.45, 7) is 5.10. The number of carbonyl (C=O) groups is 1. The lowest BCUT2D eigenvalue weighted by Gasteiger charge is -2.20. The molecular weight excluding hydrogens is 292 g/mol. The molecule has 1 heterocycles. The normalized spacial score (nSPS) is 10.6. The van der Waals surface area contributed by atoms with Gasteiger partial charge in [-0.3, -0.25) is 4.79 Å². The summed E-state index contributed by atoms with van der Waals surface area (Å²) >= 11 is 7.42. The van der Waals surface area contributed by atoms with Gasteiger partial charge in [-0.05, 0) is 43.7 Å². The van der Waals surface area contributed by atoms with Crippen molar-refractivity contribution in [3.8, 4) is 0 Å². The Balaban J connectivity index is 2.18. The van der Waals surface area contributed by atoms with E-state index < -0.39 is 0 Å². The third-order valence-electron chi connectivity index (χ3n) is 3.17. The summed E-state index contributed by atoms with van der Waals surface area (Å²) in [5, 5.41) is 0. The standard InChI is InChI=1S/C15H17ClN2OS/c1-3-18(9-12-6-7-14(16)20-12)15(19)11-5-4-10(2)13(17)8-11/h4-8H,3,9,17H2,1-2H3. The third-order valence-corrected chi connectivity index (χ3v) is 4.39. The van der Waals surface area contributed by atoms with E-state index in [1.807, 2.05) is 38.1 Å². The van der Waals surface area contributed by atoms with Crippen LogP contribution in [0, 0.1) is 6.92 Å². The van der Waals surface area contributed by atoms with Gasteiger partial charge in [0.25, 0.3) is 5.91 Å². The molecule has 0 unspecified atom stereocenters. The smallest absolute Gasteiger partial charge is 0.254 e. The molecule has 2 aromatic rings. The zero-order valence-electron chi connectivity index (χ0n) is 11.5. The first kappa shape index (κ1) is 14.9. The number of aryl methyl sites for hydroxylation is 1. The molecule has 0 radical (unpaired) electrons. The number of anilines is 1. The Kier molecular flexibility index (Phi) is 4.68. The molecule has 2 rings (SSSR count). The molecule has 5 heteroatoms. The van der Waals surface area contributed by atoms with Crippen molar-refractivity contribution in [2.24, 2.45) is 0 Å². The van der Waals surface area contributed by atoms with Crippen molar-refractivity contribution >= 4 is 34.5 Å². The summed E-state index contributed by atoms with van der Waals surface area (Å²) in [5.74, 6) is -0.0104. The van der Waals surface area contributed by atoms with E-state index in [1.54, 1.807) is 11.0 Å². The lowest BCUT2D eigenvalue weighted by molar-refractivity contribution is 0.0754. The van der Waals surface area contributed by atoms with E-state index in [2.05, 4.69) is 0 Å². The molecule has 0 aliphatic heterocycles. The van der Waals surface area contributed by atoms with Crippen LogP contribution in [0.25, 0.3) is 0 Å². The molecule has 1 aromatic heterocycles. The molecule has 2 N–H and O–H groups in total. The second-order valence-corrected chi connectivity index (χ2v) is 6.40. The average Bonchev–Trinajstić information content (AvgIpc) is 2.84. The van der Waals surface area contributed by atoms with Gasteiger partial charge in [0, 0.05) is 22.7 Å². The number of rotatable bonds is 4. The summed E-state index contributed by atoms with van der Waals surface area (Å²) in [5.41, 5.74) is 8.12. The predicted molar refractivity (Wildman–Crippen MR) is 85.3 cm³/mol. The van der Waals surface area contributed by atoms with Crippen molar-refractivity contribution < 1.29 is 4.79 Å². The lowest BCUT2D eigenvalue weighted by Crippen LogP contribution is -2.30. The van der Waals surface area contributed by atoms with E-state index in [4.69, 9.17) is 17.3 Å². The molecule has 106 valence electrons. The maximum absolute atomic E-state index is 12.5. The summed E-state index contributed by atoms with van der Waals surface area (Å²) < 4.78 is 0.739. The molecular formula is C15H17ClN2OS. The van der Waals surface area contributed by atoms with Crippen LogP contribution in [0.15, 0.2) is 30.3 Å². The van der Waals surface area contributed by atoms with Gasteiger partial charge in [-0.15, -0.1) is 11.3 Å². The van der Waals surface area contributed by atoms with Gasteiger partial charge in [0.1, 0.15) is 0 Å². The molecule has 20 heavy (non-hydrogen) atoms. The SMILES string of the molecule is CCN(Cc1ccc(Cl)s1)C(=O)c1ccc(C)c(N)c1. The van der Waals surface area contributed by atoms with Crippen LogP contribution in [0.1, 0.15) is 27.7 Å². The highest BCUT2D eigenvalue weighted by molar-refractivity contribution is 7.16. The first-order chi connectivity index (χ1) is 9.51. The number of benzene rings is 1. The molecule has 0 aliphatic carbocycles. The molecule has 0 aliphatic rings. The maximum atomic E-state index is 12.5. The van der Waals surface area contributed by atoms with Crippen LogP contribution in [-0.4, -0.2) is 17.4 Å². The zero-order valence-corrected chi connectivity index (χ0v) is 13.1. The highest BCUT2D eigenvalue weighted by Gasteiger charge is 2.16. The van der Waals surface area contributed by atoms with Gasteiger partial charge < -0.3 is 10.6 Å². The second kappa shape index (κ2) is 6.29.